The summed E-state index contributed by atoms with van der Waals surface area (Å²) in [5.74, 6) is 0. The number of nitro groups is 1. The van der Waals surface area contributed by atoms with Gasteiger partial charge in [-0.1, -0.05) is 0 Å². The number of nitro benzene ring substituents is 1. The predicted molar refractivity (Wildman–Crippen MR) is 78.5 cm³/mol. The van der Waals surface area contributed by atoms with Crippen LogP contribution in [0.1, 0.15) is 12.8 Å². The number of benzene rings is 1. The van der Waals surface area contributed by atoms with Crippen LogP contribution in [0.2, 0.25) is 0 Å². The smallest absolute Gasteiger partial charge is 0.270 e. The molecule has 0 amide bonds. The second-order valence-electron chi connectivity index (χ2n) is 5.38. The number of aliphatic hydroxyl groups is 1. The van der Waals surface area contributed by atoms with Gasteiger partial charge < -0.3 is 15.0 Å². The van der Waals surface area contributed by atoms with Crippen molar-refractivity contribution in [3.05, 3.63) is 44.7 Å². The Balaban J connectivity index is 2.12. The largest absolute Gasteiger partial charge is 0.393 e. The fourth-order valence-corrected chi connectivity index (χ4v) is 2.61. The van der Waals surface area contributed by atoms with E-state index in [1.54, 1.807) is 13.1 Å². The summed E-state index contributed by atoms with van der Waals surface area (Å²) in [6.07, 6.45) is 0.923. The Hall–Kier alpha value is -2.41. The van der Waals surface area contributed by atoms with Gasteiger partial charge in [-0.15, -0.1) is 0 Å². The zero-order chi connectivity index (χ0) is 15.1. The molecule has 1 saturated carbocycles. The molecule has 1 aromatic carbocycles. The van der Waals surface area contributed by atoms with Crippen molar-refractivity contribution >= 4 is 22.3 Å². The van der Waals surface area contributed by atoms with Gasteiger partial charge in [-0.05, 0) is 18.9 Å². The molecule has 110 valence electrons. The summed E-state index contributed by atoms with van der Waals surface area (Å²) in [7, 11) is 1.63. The van der Waals surface area contributed by atoms with Crippen LogP contribution in [-0.4, -0.2) is 26.7 Å². The summed E-state index contributed by atoms with van der Waals surface area (Å²) in [6.45, 7) is 0. The van der Waals surface area contributed by atoms with Gasteiger partial charge in [0.25, 0.3) is 11.2 Å². The molecule has 1 aromatic heterocycles. The molecule has 1 fully saturated rings. The van der Waals surface area contributed by atoms with Crippen molar-refractivity contribution in [1.29, 1.82) is 0 Å². The molecule has 0 saturated heterocycles. The first-order valence-corrected chi connectivity index (χ1v) is 6.68. The second kappa shape index (κ2) is 4.85. The van der Waals surface area contributed by atoms with Gasteiger partial charge in [-0.2, -0.15) is 0 Å². The first-order valence-electron chi connectivity index (χ1n) is 6.68. The molecule has 2 aromatic rings. The van der Waals surface area contributed by atoms with Crippen LogP contribution in [0.3, 0.4) is 0 Å². The van der Waals surface area contributed by atoms with Crippen molar-refractivity contribution in [3.63, 3.8) is 0 Å². The van der Waals surface area contributed by atoms with E-state index < -0.39 is 4.92 Å². The van der Waals surface area contributed by atoms with E-state index in [0.29, 0.717) is 29.4 Å². The van der Waals surface area contributed by atoms with Crippen molar-refractivity contribution in [2.45, 2.75) is 25.0 Å². The highest BCUT2D eigenvalue weighted by atomic mass is 16.6. The number of aliphatic hydroxyl groups excluding tert-OH is 1. The Bertz CT molecular complexity index is 778. The Morgan fingerprint density at radius 2 is 2.10 bits per heavy atom. The molecule has 0 aliphatic heterocycles. The zero-order valence-electron chi connectivity index (χ0n) is 11.4. The number of non-ortho nitro benzene ring substituents is 1. The number of nitrogens with one attached hydrogen (secondary N) is 1. The number of hydrogen-bond donors (Lipinski definition) is 2. The lowest BCUT2D eigenvalue weighted by molar-refractivity contribution is -0.384. The number of fused-ring (bicyclic) bond motifs is 1. The van der Waals surface area contributed by atoms with Gasteiger partial charge in [0.2, 0.25) is 0 Å². The van der Waals surface area contributed by atoms with Crippen molar-refractivity contribution < 1.29 is 10.0 Å². The summed E-state index contributed by atoms with van der Waals surface area (Å²) < 4.78 is 1.46. The van der Waals surface area contributed by atoms with Gasteiger partial charge in [-0.3, -0.25) is 14.9 Å². The molecule has 7 nitrogen and oxygen atoms in total. The van der Waals surface area contributed by atoms with Crippen molar-refractivity contribution in [2.24, 2.45) is 7.05 Å². The first-order chi connectivity index (χ1) is 9.95. The van der Waals surface area contributed by atoms with E-state index in [9.17, 15) is 20.0 Å². The van der Waals surface area contributed by atoms with Gasteiger partial charge in [0, 0.05) is 42.4 Å². The molecule has 0 spiro atoms. The molecule has 21 heavy (non-hydrogen) atoms. The minimum Gasteiger partial charge on any atom is -0.393 e. The standard InChI is InChI=1S/C14H15N3O4/c1-16-13-3-2-9(17(20)21)6-11(13)12(7-14(16)19)15-8-4-10(18)5-8/h2-3,6-8,10,15,18H,4-5H2,1H3/t8-,10-. The van der Waals surface area contributed by atoms with Crippen LogP contribution >= 0.6 is 0 Å². The topological polar surface area (TPSA) is 97.4 Å². The van der Waals surface area contributed by atoms with Gasteiger partial charge in [0.1, 0.15) is 0 Å². The molecule has 1 aliphatic rings. The molecule has 0 bridgehead atoms. The predicted octanol–water partition coefficient (Wildman–Crippen LogP) is 1.38. The highest BCUT2D eigenvalue weighted by Gasteiger charge is 2.27. The number of aromatic nitrogens is 1. The zero-order valence-corrected chi connectivity index (χ0v) is 11.4. The number of pyridine rings is 1. The maximum Gasteiger partial charge on any atom is 0.270 e. The van der Waals surface area contributed by atoms with Crippen LogP contribution in [0.5, 0.6) is 0 Å². The van der Waals surface area contributed by atoms with E-state index in [1.807, 2.05) is 0 Å². The first kappa shape index (κ1) is 13.6. The van der Waals surface area contributed by atoms with Crippen LogP contribution in [0.25, 0.3) is 10.9 Å². The van der Waals surface area contributed by atoms with Crippen LogP contribution in [-0.2, 0) is 7.05 Å². The monoisotopic (exact) mass is 289 g/mol. The molecule has 1 heterocycles. The van der Waals surface area contributed by atoms with Crippen LogP contribution in [0.15, 0.2) is 29.1 Å². The highest BCUT2D eigenvalue weighted by Crippen LogP contribution is 2.29. The normalized spacial score (nSPS) is 21.0. The Morgan fingerprint density at radius 1 is 1.38 bits per heavy atom. The molecule has 0 atom stereocenters. The fraction of sp³-hybridized carbons (Fsp3) is 0.357. The number of anilines is 1. The van der Waals surface area contributed by atoms with Crippen molar-refractivity contribution in [3.8, 4) is 0 Å². The lowest BCUT2D eigenvalue weighted by atomic mass is 9.89. The maximum absolute atomic E-state index is 12.0. The molecule has 1 aliphatic carbocycles. The molecular formula is C14H15N3O4. The second-order valence-corrected chi connectivity index (χ2v) is 5.38. The number of hydrogen-bond acceptors (Lipinski definition) is 5. The van der Waals surface area contributed by atoms with Gasteiger partial charge >= 0.3 is 0 Å². The van der Waals surface area contributed by atoms with E-state index in [4.69, 9.17) is 0 Å². The highest BCUT2D eigenvalue weighted by molar-refractivity contribution is 5.93. The van der Waals surface area contributed by atoms with E-state index in [2.05, 4.69) is 5.32 Å². The van der Waals surface area contributed by atoms with Gasteiger partial charge in [-0.25, -0.2) is 0 Å². The number of rotatable bonds is 3. The number of aryl methyl sites for hydroxylation is 1. The number of nitrogens with zero attached hydrogens (tertiary/aromatic N) is 2. The summed E-state index contributed by atoms with van der Waals surface area (Å²) in [5.41, 5.74) is 1.01. The fourth-order valence-electron chi connectivity index (χ4n) is 2.61. The van der Waals surface area contributed by atoms with E-state index in [1.165, 1.54) is 22.8 Å². The Labute approximate surface area is 120 Å². The third-order valence-electron chi connectivity index (χ3n) is 3.91. The quantitative estimate of drug-likeness (QED) is 0.657. The average Bonchev–Trinajstić information content (AvgIpc) is 2.42. The third kappa shape index (κ3) is 2.36. The summed E-state index contributed by atoms with van der Waals surface area (Å²) in [6, 6.07) is 5.96. The molecule has 3 rings (SSSR count). The molecular weight excluding hydrogens is 274 g/mol. The van der Waals surface area contributed by atoms with Crippen LogP contribution < -0.4 is 10.9 Å². The van der Waals surface area contributed by atoms with Gasteiger partial charge in [0.05, 0.1) is 16.5 Å². The summed E-state index contributed by atoms with van der Waals surface area (Å²) in [4.78, 5) is 22.4. The average molecular weight is 289 g/mol. The molecule has 0 radical (unpaired) electrons. The van der Waals surface area contributed by atoms with Crippen molar-refractivity contribution in [1.82, 2.24) is 4.57 Å². The van der Waals surface area contributed by atoms with Crippen LogP contribution in [0, 0.1) is 10.1 Å². The van der Waals surface area contributed by atoms with E-state index >= 15 is 0 Å². The van der Waals surface area contributed by atoms with E-state index in [-0.39, 0.29) is 23.4 Å². The minimum atomic E-state index is -0.457. The lowest BCUT2D eigenvalue weighted by Crippen LogP contribution is -2.39. The van der Waals surface area contributed by atoms with Gasteiger partial charge in [0.15, 0.2) is 0 Å². The lowest BCUT2D eigenvalue weighted by Gasteiger charge is -2.33. The van der Waals surface area contributed by atoms with Crippen molar-refractivity contribution in [2.75, 3.05) is 5.32 Å². The summed E-state index contributed by atoms with van der Waals surface area (Å²) in [5, 5.41) is 24.1. The minimum absolute atomic E-state index is 0.0159. The molecule has 0 unspecified atom stereocenters. The molecule has 2 N–H and O–H groups in total. The Morgan fingerprint density at radius 3 is 2.71 bits per heavy atom. The SMILES string of the molecule is Cn1c(=O)cc(N[C@H]2C[C@H](O)C2)c2cc([N+](=O)[O-])ccc21. The Kier molecular flexibility index (Phi) is 3.13. The third-order valence-corrected chi connectivity index (χ3v) is 3.91. The van der Waals surface area contributed by atoms with Crippen LogP contribution in [0.4, 0.5) is 11.4 Å². The van der Waals surface area contributed by atoms with E-state index in [0.717, 1.165) is 0 Å². The molecule has 7 heteroatoms. The summed E-state index contributed by atoms with van der Waals surface area (Å²) >= 11 is 0. The maximum atomic E-state index is 12.0.